The van der Waals surface area contributed by atoms with E-state index < -0.39 is 0 Å². The highest BCUT2D eigenvalue weighted by Gasteiger charge is 2.31. The van der Waals surface area contributed by atoms with Crippen LogP contribution in [0, 0.1) is 12.8 Å². The second-order valence-corrected chi connectivity index (χ2v) is 9.76. The predicted octanol–water partition coefficient (Wildman–Crippen LogP) is 5.74. The summed E-state index contributed by atoms with van der Waals surface area (Å²) in [6.45, 7) is 9.70. The quantitative estimate of drug-likeness (QED) is 0.322. The Bertz CT molecular complexity index is 1560. The molecule has 0 aliphatic carbocycles. The van der Waals surface area contributed by atoms with Gasteiger partial charge in [-0.05, 0) is 61.9 Å². The Morgan fingerprint density at radius 1 is 1.11 bits per heavy atom. The molecule has 1 aromatic carbocycles. The molecule has 1 fully saturated rings. The monoisotopic (exact) mass is 478 g/mol. The molecule has 0 radical (unpaired) electrons. The van der Waals surface area contributed by atoms with Crippen LogP contribution in [0.15, 0.2) is 61.3 Å². The maximum atomic E-state index is 5.76. The fourth-order valence-electron chi connectivity index (χ4n) is 5.59. The Morgan fingerprint density at radius 2 is 1.89 bits per heavy atom. The van der Waals surface area contributed by atoms with Gasteiger partial charge in [-0.3, -0.25) is 4.98 Å². The molecular formula is C29H30N6O. The topological polar surface area (TPSA) is 70.7 Å². The third-order valence-electron chi connectivity index (χ3n) is 7.32. The van der Waals surface area contributed by atoms with Crippen molar-refractivity contribution in [1.82, 2.24) is 29.5 Å². The maximum absolute atomic E-state index is 5.76. The summed E-state index contributed by atoms with van der Waals surface area (Å²) in [5, 5.41) is 9.54. The molecule has 7 nitrogen and oxygen atoms in total. The van der Waals surface area contributed by atoms with Crippen LogP contribution in [0.4, 0.5) is 0 Å². The number of aromatic nitrogens is 6. The zero-order valence-corrected chi connectivity index (χ0v) is 21.0. The minimum Gasteiger partial charge on any atom is -0.381 e. The molecule has 182 valence electrons. The van der Waals surface area contributed by atoms with E-state index in [9.17, 15) is 0 Å². The summed E-state index contributed by atoms with van der Waals surface area (Å²) in [6, 6.07) is 17.3. The molecule has 36 heavy (non-hydrogen) atoms. The molecule has 0 N–H and O–H groups in total. The molecule has 5 aromatic rings. The lowest BCUT2D eigenvalue weighted by Gasteiger charge is -2.32. The van der Waals surface area contributed by atoms with Gasteiger partial charge in [0.2, 0.25) is 0 Å². The van der Waals surface area contributed by atoms with Crippen molar-refractivity contribution < 1.29 is 4.74 Å². The van der Waals surface area contributed by atoms with E-state index >= 15 is 0 Å². The summed E-state index contributed by atoms with van der Waals surface area (Å²) in [7, 11) is 1.92. The van der Waals surface area contributed by atoms with E-state index in [1.807, 2.05) is 37.8 Å². The average molecular weight is 479 g/mol. The first-order valence-corrected chi connectivity index (χ1v) is 12.5. The van der Waals surface area contributed by atoms with E-state index in [-0.39, 0.29) is 6.04 Å². The normalized spacial score (nSPS) is 15.5. The van der Waals surface area contributed by atoms with Crippen LogP contribution >= 0.6 is 0 Å². The number of fused-ring (bicyclic) bond motifs is 3. The molecule has 1 aliphatic rings. The van der Waals surface area contributed by atoms with Crippen molar-refractivity contribution in [3.05, 3.63) is 78.3 Å². The average Bonchev–Trinajstić information content (AvgIpc) is 3.41. The highest BCUT2D eigenvalue weighted by Crippen LogP contribution is 2.40. The Kier molecular flexibility index (Phi) is 5.64. The Balaban J connectivity index is 1.69. The van der Waals surface area contributed by atoms with Crippen molar-refractivity contribution >= 4 is 27.6 Å². The summed E-state index contributed by atoms with van der Waals surface area (Å²) in [6.07, 6.45) is 3.92. The van der Waals surface area contributed by atoms with E-state index in [4.69, 9.17) is 14.7 Å². The number of benzene rings is 1. The number of hydrogen-bond donors (Lipinski definition) is 0. The van der Waals surface area contributed by atoms with E-state index in [1.54, 1.807) is 0 Å². The zero-order chi connectivity index (χ0) is 24.8. The minimum absolute atomic E-state index is 0.103. The summed E-state index contributed by atoms with van der Waals surface area (Å²) >= 11 is 0. The first kappa shape index (κ1) is 22.6. The molecule has 1 saturated heterocycles. The third kappa shape index (κ3) is 3.71. The van der Waals surface area contributed by atoms with Gasteiger partial charge in [-0.25, -0.2) is 9.67 Å². The van der Waals surface area contributed by atoms with Gasteiger partial charge in [-0.15, -0.1) is 5.10 Å². The first-order valence-electron chi connectivity index (χ1n) is 12.5. The fraction of sp³-hybridized carbons (Fsp3) is 0.310. The minimum atomic E-state index is 0.103. The second-order valence-electron chi connectivity index (χ2n) is 9.76. The van der Waals surface area contributed by atoms with Crippen LogP contribution in [0.3, 0.4) is 0 Å². The number of rotatable bonds is 5. The highest BCUT2D eigenvalue weighted by molar-refractivity contribution is 6.05. The van der Waals surface area contributed by atoms with Crippen LogP contribution in [0.2, 0.25) is 0 Å². The largest absolute Gasteiger partial charge is 0.381 e. The van der Waals surface area contributed by atoms with Gasteiger partial charge in [-0.2, -0.15) is 0 Å². The highest BCUT2D eigenvalue weighted by atomic mass is 16.5. The number of allylic oxidation sites excluding steroid dienone is 1. The van der Waals surface area contributed by atoms with Crippen molar-refractivity contribution in [3.8, 4) is 11.3 Å². The van der Waals surface area contributed by atoms with Gasteiger partial charge in [-0.1, -0.05) is 42.1 Å². The van der Waals surface area contributed by atoms with Gasteiger partial charge in [0.25, 0.3) is 0 Å². The van der Waals surface area contributed by atoms with Crippen molar-refractivity contribution in [2.24, 2.45) is 13.0 Å². The van der Waals surface area contributed by atoms with Crippen LogP contribution in [0.25, 0.3) is 38.9 Å². The van der Waals surface area contributed by atoms with Crippen molar-refractivity contribution in [2.75, 3.05) is 13.2 Å². The predicted molar refractivity (Wildman–Crippen MR) is 143 cm³/mol. The molecule has 5 heterocycles. The Labute approximate surface area is 210 Å². The van der Waals surface area contributed by atoms with Crippen LogP contribution in [-0.2, 0) is 11.8 Å². The Morgan fingerprint density at radius 3 is 2.58 bits per heavy atom. The van der Waals surface area contributed by atoms with Crippen molar-refractivity contribution in [1.29, 1.82) is 0 Å². The number of aryl methyl sites for hydroxylation is 2. The number of ether oxygens (including phenoxy) is 1. The van der Waals surface area contributed by atoms with Gasteiger partial charge in [0.05, 0.1) is 34.2 Å². The summed E-state index contributed by atoms with van der Waals surface area (Å²) in [5.74, 6) is 0.416. The standard InChI is InChI=1S/C29H30N6O/c1-18(2)24-11-10-23-26-25(16-22(17-30-26)27-19(3)32-33-34(27)4)35(29(23)31-24)28(20-8-6-5-7-9-20)21-12-14-36-15-13-21/h5-11,16-17,21,28H,1,12-15H2,2-4H3/t28-/m1/s1. The van der Waals surface area contributed by atoms with Crippen LogP contribution in [0.1, 0.15) is 42.8 Å². The van der Waals surface area contributed by atoms with Gasteiger partial charge in [0.1, 0.15) is 5.65 Å². The van der Waals surface area contributed by atoms with E-state index in [0.717, 1.165) is 76.3 Å². The lowest BCUT2D eigenvalue weighted by atomic mass is 9.86. The molecule has 0 amide bonds. The van der Waals surface area contributed by atoms with Crippen molar-refractivity contribution in [3.63, 3.8) is 0 Å². The first-order chi connectivity index (χ1) is 17.5. The summed E-state index contributed by atoms with van der Waals surface area (Å²) < 4.78 is 9.99. The van der Waals surface area contributed by atoms with Gasteiger partial charge < -0.3 is 9.30 Å². The lowest BCUT2D eigenvalue weighted by Crippen LogP contribution is -2.27. The summed E-state index contributed by atoms with van der Waals surface area (Å²) in [4.78, 5) is 10.1. The number of hydrogen-bond acceptors (Lipinski definition) is 5. The molecule has 0 unspecified atom stereocenters. The van der Waals surface area contributed by atoms with Crippen LogP contribution in [0.5, 0.6) is 0 Å². The number of nitrogens with zero attached hydrogens (tertiary/aromatic N) is 6. The second kappa shape index (κ2) is 8.99. The molecule has 0 saturated carbocycles. The molecule has 1 aliphatic heterocycles. The fourth-order valence-corrected chi connectivity index (χ4v) is 5.59. The molecule has 1 atom stereocenters. The lowest BCUT2D eigenvalue weighted by molar-refractivity contribution is 0.0552. The molecule has 6 rings (SSSR count). The molecule has 4 aromatic heterocycles. The smallest absolute Gasteiger partial charge is 0.143 e. The third-order valence-corrected chi connectivity index (χ3v) is 7.32. The summed E-state index contributed by atoms with van der Waals surface area (Å²) in [5.41, 5.74) is 8.93. The molecule has 0 bridgehead atoms. The molecular weight excluding hydrogens is 448 g/mol. The zero-order valence-electron chi connectivity index (χ0n) is 21.0. The van der Waals surface area contributed by atoms with E-state index in [2.05, 4.69) is 63.9 Å². The van der Waals surface area contributed by atoms with Gasteiger partial charge >= 0.3 is 0 Å². The van der Waals surface area contributed by atoms with Crippen molar-refractivity contribution in [2.45, 2.75) is 32.7 Å². The number of pyridine rings is 2. The van der Waals surface area contributed by atoms with Crippen LogP contribution in [-0.4, -0.2) is 42.7 Å². The maximum Gasteiger partial charge on any atom is 0.143 e. The van der Waals surface area contributed by atoms with Crippen LogP contribution < -0.4 is 0 Å². The van der Waals surface area contributed by atoms with Gasteiger partial charge in [0.15, 0.2) is 0 Å². The Hall–Kier alpha value is -3.84. The van der Waals surface area contributed by atoms with E-state index in [1.165, 1.54) is 5.56 Å². The molecule has 7 heteroatoms. The van der Waals surface area contributed by atoms with E-state index in [0.29, 0.717) is 5.92 Å². The molecule has 0 spiro atoms. The SMILES string of the molecule is C=C(C)c1ccc2c3ncc(-c4c(C)nnn4C)cc3n([C@H](c3ccccc3)C3CCOCC3)c2n1. The van der Waals surface area contributed by atoms with Gasteiger partial charge in [0, 0.05) is 37.4 Å².